The van der Waals surface area contributed by atoms with E-state index in [0.29, 0.717) is 16.9 Å². The van der Waals surface area contributed by atoms with Crippen LogP contribution in [0, 0.1) is 6.92 Å². The average molecular weight is 482 g/mol. The molecule has 0 radical (unpaired) electrons. The minimum absolute atomic E-state index is 0.103. The van der Waals surface area contributed by atoms with Crippen molar-refractivity contribution < 1.29 is 31.5 Å². The fourth-order valence-electron chi connectivity index (χ4n) is 2.84. The lowest BCUT2D eigenvalue weighted by Gasteiger charge is -2.11. The predicted octanol–water partition coefficient (Wildman–Crippen LogP) is 5.81. The summed E-state index contributed by atoms with van der Waals surface area (Å²) in [5.41, 5.74) is 0.421. The van der Waals surface area contributed by atoms with E-state index in [1.165, 1.54) is 42.1 Å². The van der Waals surface area contributed by atoms with E-state index in [1.807, 2.05) is 0 Å². The first-order chi connectivity index (χ1) is 15.0. The number of nitrogens with one attached hydrogen (secondary N) is 1. The van der Waals surface area contributed by atoms with Gasteiger partial charge in [0.05, 0.1) is 16.0 Å². The zero-order chi connectivity index (χ0) is 23.5. The average Bonchev–Trinajstić information content (AvgIpc) is 2.72. The third-order valence-corrected chi connectivity index (χ3v) is 6.98. The van der Waals surface area contributed by atoms with Gasteiger partial charge in [0.2, 0.25) is 0 Å². The van der Waals surface area contributed by atoms with E-state index < -0.39 is 27.7 Å². The van der Waals surface area contributed by atoms with Crippen LogP contribution in [0.1, 0.15) is 27.0 Å². The quantitative estimate of drug-likeness (QED) is 0.417. The van der Waals surface area contributed by atoms with E-state index in [-0.39, 0.29) is 16.1 Å². The molecule has 32 heavy (non-hydrogen) atoms. The van der Waals surface area contributed by atoms with Gasteiger partial charge in [0.1, 0.15) is 0 Å². The minimum Gasteiger partial charge on any atom is -0.478 e. The van der Waals surface area contributed by atoms with Crippen LogP contribution in [0.25, 0.3) is 0 Å². The van der Waals surface area contributed by atoms with Crippen LogP contribution in [0.3, 0.4) is 0 Å². The van der Waals surface area contributed by atoms with Crippen molar-refractivity contribution in [2.45, 2.75) is 28.6 Å². The highest BCUT2D eigenvalue weighted by Gasteiger charge is 2.30. The highest BCUT2D eigenvalue weighted by molar-refractivity contribution is 7.98. The fourth-order valence-corrected chi connectivity index (χ4v) is 4.76. The van der Waals surface area contributed by atoms with Gasteiger partial charge < -0.3 is 5.11 Å². The van der Waals surface area contributed by atoms with Crippen molar-refractivity contribution in [2.24, 2.45) is 0 Å². The number of aromatic carboxylic acids is 1. The van der Waals surface area contributed by atoms with Crippen LogP contribution in [-0.2, 0) is 22.0 Å². The van der Waals surface area contributed by atoms with E-state index in [2.05, 4.69) is 4.72 Å². The molecule has 10 heteroatoms. The lowest BCUT2D eigenvalue weighted by Crippen LogP contribution is -2.14. The summed E-state index contributed by atoms with van der Waals surface area (Å²) in [4.78, 5) is 11.8. The van der Waals surface area contributed by atoms with Crippen LogP contribution in [0.4, 0.5) is 18.9 Å². The van der Waals surface area contributed by atoms with Crippen molar-refractivity contribution in [3.63, 3.8) is 0 Å². The Morgan fingerprint density at radius 2 is 1.72 bits per heavy atom. The molecule has 0 bridgehead atoms. The number of anilines is 1. The van der Waals surface area contributed by atoms with E-state index in [1.54, 1.807) is 25.1 Å². The summed E-state index contributed by atoms with van der Waals surface area (Å²) in [6.07, 6.45) is -4.40. The first-order valence-corrected chi connectivity index (χ1v) is 11.7. The lowest BCUT2D eigenvalue weighted by atomic mass is 10.1. The normalized spacial score (nSPS) is 11.9. The number of alkyl halides is 3. The number of rotatable bonds is 7. The number of aryl methyl sites for hydroxylation is 1. The van der Waals surface area contributed by atoms with E-state index in [4.69, 9.17) is 0 Å². The monoisotopic (exact) mass is 481 g/mol. The molecule has 0 heterocycles. The summed E-state index contributed by atoms with van der Waals surface area (Å²) in [6, 6.07) is 15.3. The smallest absolute Gasteiger partial charge is 0.416 e. The van der Waals surface area contributed by atoms with Gasteiger partial charge >= 0.3 is 12.1 Å². The molecule has 0 spiro atoms. The van der Waals surface area contributed by atoms with Gasteiger partial charge in [0.25, 0.3) is 10.0 Å². The van der Waals surface area contributed by atoms with Gasteiger partial charge in [-0.1, -0.05) is 24.3 Å². The standard InChI is InChI=1S/C22H18F3NO4S2/c1-14-5-10-19(12-20(14)21(27)28)32(29,30)26-17-6-8-18(9-7-17)31-13-15-3-2-4-16(11-15)22(23,24)25/h2-12,26H,13H2,1H3,(H,27,28). The molecule has 0 aliphatic rings. The predicted molar refractivity (Wildman–Crippen MR) is 116 cm³/mol. The molecule has 2 N–H and O–H groups in total. The molecular formula is C22H18F3NO4S2. The number of carbonyl (C=O) groups is 1. The van der Waals surface area contributed by atoms with Gasteiger partial charge in [-0.3, -0.25) is 4.72 Å². The van der Waals surface area contributed by atoms with Crippen molar-refractivity contribution in [3.8, 4) is 0 Å². The molecule has 3 aromatic rings. The Morgan fingerprint density at radius 3 is 2.34 bits per heavy atom. The Labute approximate surface area is 187 Å². The molecule has 168 valence electrons. The Bertz CT molecular complexity index is 1240. The molecule has 0 saturated carbocycles. The van der Waals surface area contributed by atoms with Crippen molar-refractivity contribution in [1.29, 1.82) is 0 Å². The Balaban J connectivity index is 1.68. The molecule has 0 fully saturated rings. The number of hydrogen-bond acceptors (Lipinski definition) is 4. The highest BCUT2D eigenvalue weighted by atomic mass is 32.2. The third-order valence-electron chi connectivity index (χ3n) is 4.52. The van der Waals surface area contributed by atoms with Gasteiger partial charge in [-0.05, 0) is 60.5 Å². The first-order valence-electron chi connectivity index (χ1n) is 9.21. The minimum atomic E-state index is -4.40. The molecule has 3 aromatic carbocycles. The number of thioether (sulfide) groups is 1. The molecule has 5 nitrogen and oxygen atoms in total. The zero-order valence-corrected chi connectivity index (χ0v) is 18.3. The van der Waals surface area contributed by atoms with E-state index >= 15 is 0 Å². The third kappa shape index (κ3) is 5.83. The number of benzene rings is 3. The van der Waals surface area contributed by atoms with Crippen LogP contribution in [0.5, 0.6) is 0 Å². The molecule has 0 amide bonds. The number of halogens is 3. The topological polar surface area (TPSA) is 83.5 Å². The van der Waals surface area contributed by atoms with Crippen LogP contribution < -0.4 is 4.72 Å². The van der Waals surface area contributed by atoms with Crippen LogP contribution in [0.2, 0.25) is 0 Å². The molecule has 0 aliphatic heterocycles. The molecule has 0 atom stereocenters. The number of carboxylic acids is 1. The summed E-state index contributed by atoms with van der Waals surface area (Å²) in [5.74, 6) is -0.905. The highest BCUT2D eigenvalue weighted by Crippen LogP contribution is 2.31. The SMILES string of the molecule is Cc1ccc(S(=O)(=O)Nc2ccc(SCc3cccc(C(F)(F)F)c3)cc2)cc1C(=O)O. The Kier molecular flexibility index (Phi) is 6.85. The zero-order valence-electron chi connectivity index (χ0n) is 16.7. The molecule has 0 aromatic heterocycles. The Hall–Kier alpha value is -2.98. The maximum absolute atomic E-state index is 12.8. The second-order valence-corrected chi connectivity index (χ2v) is 9.63. The maximum Gasteiger partial charge on any atom is 0.416 e. The molecule has 0 unspecified atom stereocenters. The van der Waals surface area contributed by atoms with Crippen molar-refractivity contribution >= 4 is 33.4 Å². The first kappa shape index (κ1) is 23.7. The van der Waals surface area contributed by atoms with Gasteiger partial charge in [-0.25, -0.2) is 13.2 Å². The van der Waals surface area contributed by atoms with E-state index in [0.717, 1.165) is 23.1 Å². The van der Waals surface area contributed by atoms with Crippen LogP contribution >= 0.6 is 11.8 Å². The van der Waals surface area contributed by atoms with Crippen molar-refractivity contribution in [3.05, 3.63) is 89.0 Å². The second kappa shape index (κ2) is 9.25. The second-order valence-electron chi connectivity index (χ2n) is 6.90. The largest absolute Gasteiger partial charge is 0.478 e. The van der Waals surface area contributed by atoms with Crippen LogP contribution in [-0.4, -0.2) is 19.5 Å². The van der Waals surface area contributed by atoms with Gasteiger partial charge in [-0.15, -0.1) is 11.8 Å². The molecule has 3 rings (SSSR count). The fraction of sp³-hybridized carbons (Fsp3) is 0.136. The number of carboxylic acid groups (broad SMARTS) is 1. The maximum atomic E-state index is 12.8. The summed E-state index contributed by atoms with van der Waals surface area (Å²) in [7, 11) is -4.00. The van der Waals surface area contributed by atoms with Crippen molar-refractivity contribution in [2.75, 3.05) is 4.72 Å². The number of hydrogen-bond donors (Lipinski definition) is 2. The summed E-state index contributed by atoms with van der Waals surface area (Å²) >= 11 is 1.31. The van der Waals surface area contributed by atoms with Gasteiger partial charge in [-0.2, -0.15) is 13.2 Å². The number of sulfonamides is 1. The molecule has 0 aliphatic carbocycles. The van der Waals surface area contributed by atoms with Crippen molar-refractivity contribution in [1.82, 2.24) is 0 Å². The summed E-state index contributed by atoms with van der Waals surface area (Å²) in [5, 5.41) is 9.19. The van der Waals surface area contributed by atoms with E-state index in [9.17, 15) is 31.5 Å². The van der Waals surface area contributed by atoms with Gasteiger partial charge in [0.15, 0.2) is 0 Å². The molecular weight excluding hydrogens is 463 g/mol. The summed E-state index contributed by atoms with van der Waals surface area (Å²) < 4.78 is 66.0. The lowest BCUT2D eigenvalue weighted by molar-refractivity contribution is -0.137. The summed E-state index contributed by atoms with van der Waals surface area (Å²) in [6.45, 7) is 1.57. The van der Waals surface area contributed by atoms with Gasteiger partial charge in [0, 0.05) is 16.3 Å². The Morgan fingerprint density at radius 1 is 1.03 bits per heavy atom. The molecule has 0 saturated heterocycles. The van der Waals surface area contributed by atoms with Crippen LogP contribution in [0.15, 0.2) is 76.5 Å².